The van der Waals surface area contributed by atoms with Crippen molar-refractivity contribution in [1.29, 1.82) is 0 Å². The molecule has 1 amide bonds. The van der Waals surface area contributed by atoms with Crippen molar-refractivity contribution in [2.75, 3.05) is 26.2 Å². The second-order valence-corrected chi connectivity index (χ2v) is 6.78. The molecule has 1 atom stereocenters. The van der Waals surface area contributed by atoms with Gasteiger partial charge >= 0.3 is 0 Å². The topological polar surface area (TPSA) is 52.6 Å². The number of unbranched alkanes of at least 4 members (excludes halogenated alkanes) is 1. The highest BCUT2D eigenvalue weighted by Crippen LogP contribution is 2.26. The zero-order chi connectivity index (χ0) is 14.9. The Kier molecular flexibility index (Phi) is 7.51. The van der Waals surface area contributed by atoms with Crippen molar-refractivity contribution in [3.63, 3.8) is 0 Å². The van der Waals surface area contributed by atoms with Crippen LogP contribution in [0.2, 0.25) is 0 Å². The van der Waals surface area contributed by atoms with E-state index in [9.17, 15) is 9.90 Å². The minimum atomic E-state index is 0.247. The number of aliphatic hydroxyl groups is 1. The van der Waals surface area contributed by atoms with Crippen LogP contribution in [0.1, 0.15) is 64.2 Å². The van der Waals surface area contributed by atoms with Gasteiger partial charge in [-0.3, -0.25) is 9.69 Å². The largest absolute Gasteiger partial charge is 0.395 e. The number of aliphatic hydroxyl groups excluding tert-OH is 1. The van der Waals surface area contributed by atoms with Crippen molar-refractivity contribution < 1.29 is 9.90 Å². The van der Waals surface area contributed by atoms with Crippen LogP contribution in [0.4, 0.5) is 0 Å². The molecule has 2 rings (SSSR count). The van der Waals surface area contributed by atoms with Gasteiger partial charge in [-0.05, 0) is 57.5 Å². The van der Waals surface area contributed by atoms with Crippen LogP contribution in [0.25, 0.3) is 0 Å². The van der Waals surface area contributed by atoms with Crippen molar-refractivity contribution in [2.45, 2.75) is 70.3 Å². The first-order valence-electron chi connectivity index (χ1n) is 8.91. The summed E-state index contributed by atoms with van der Waals surface area (Å²) in [5, 5.41) is 12.3. The van der Waals surface area contributed by atoms with Crippen LogP contribution < -0.4 is 5.32 Å². The lowest BCUT2D eigenvalue weighted by molar-refractivity contribution is -0.122. The molecule has 4 heteroatoms. The van der Waals surface area contributed by atoms with Crippen LogP contribution in [0.15, 0.2) is 0 Å². The van der Waals surface area contributed by atoms with Crippen LogP contribution in [0.5, 0.6) is 0 Å². The van der Waals surface area contributed by atoms with Crippen LogP contribution in [0, 0.1) is 5.92 Å². The number of nitrogens with zero attached hydrogens (tertiary/aromatic N) is 1. The summed E-state index contributed by atoms with van der Waals surface area (Å²) >= 11 is 0. The summed E-state index contributed by atoms with van der Waals surface area (Å²) in [6, 6.07) is 0.380. The Bertz CT molecular complexity index is 303. The van der Waals surface area contributed by atoms with E-state index in [0.717, 1.165) is 45.3 Å². The first-order chi connectivity index (χ1) is 10.3. The van der Waals surface area contributed by atoms with E-state index in [1.807, 2.05) is 0 Å². The molecule has 122 valence electrons. The fourth-order valence-corrected chi connectivity index (χ4v) is 3.79. The van der Waals surface area contributed by atoms with E-state index in [0.29, 0.717) is 12.0 Å². The SMILES string of the molecule is O=C(CC1CCCCC1)NCCCCN1CCCC1CO. The Morgan fingerprint density at radius 2 is 1.90 bits per heavy atom. The number of amides is 1. The first-order valence-corrected chi connectivity index (χ1v) is 8.91. The molecular weight excluding hydrogens is 264 g/mol. The van der Waals surface area contributed by atoms with Crippen molar-refractivity contribution in [1.82, 2.24) is 10.2 Å². The number of rotatable bonds is 8. The molecule has 0 aromatic rings. The van der Waals surface area contributed by atoms with Crippen LogP contribution in [-0.4, -0.2) is 48.2 Å². The Balaban J connectivity index is 1.48. The van der Waals surface area contributed by atoms with Crippen LogP contribution >= 0.6 is 0 Å². The molecule has 2 aliphatic rings. The van der Waals surface area contributed by atoms with Crippen LogP contribution in [-0.2, 0) is 4.79 Å². The summed E-state index contributed by atoms with van der Waals surface area (Å²) in [7, 11) is 0. The van der Waals surface area contributed by atoms with Gasteiger partial charge in [-0.1, -0.05) is 19.3 Å². The Hall–Kier alpha value is -0.610. The summed E-state index contributed by atoms with van der Waals surface area (Å²) in [5.41, 5.74) is 0. The number of likely N-dealkylation sites (tertiary alicyclic amines) is 1. The van der Waals surface area contributed by atoms with E-state index >= 15 is 0 Å². The van der Waals surface area contributed by atoms with Gasteiger partial charge in [0.15, 0.2) is 0 Å². The second kappa shape index (κ2) is 9.42. The number of hydrogen-bond donors (Lipinski definition) is 2. The molecule has 1 saturated carbocycles. The van der Waals surface area contributed by atoms with Gasteiger partial charge in [-0.2, -0.15) is 0 Å². The monoisotopic (exact) mass is 296 g/mol. The normalized spacial score (nSPS) is 24.3. The number of carbonyl (C=O) groups is 1. The van der Waals surface area contributed by atoms with Gasteiger partial charge in [-0.25, -0.2) is 0 Å². The van der Waals surface area contributed by atoms with Crippen molar-refractivity contribution >= 4 is 5.91 Å². The van der Waals surface area contributed by atoms with Gasteiger partial charge in [-0.15, -0.1) is 0 Å². The minimum Gasteiger partial charge on any atom is -0.395 e. The molecule has 1 aliphatic heterocycles. The first kappa shape index (κ1) is 16.8. The van der Waals surface area contributed by atoms with E-state index in [2.05, 4.69) is 10.2 Å². The van der Waals surface area contributed by atoms with E-state index in [1.54, 1.807) is 0 Å². The minimum absolute atomic E-state index is 0.247. The molecule has 1 heterocycles. The third-order valence-corrected chi connectivity index (χ3v) is 5.10. The molecule has 2 fully saturated rings. The average Bonchev–Trinajstić information content (AvgIpc) is 2.95. The number of hydrogen-bond acceptors (Lipinski definition) is 3. The van der Waals surface area contributed by atoms with Crippen molar-refractivity contribution in [3.05, 3.63) is 0 Å². The maximum atomic E-state index is 11.9. The molecule has 0 bridgehead atoms. The van der Waals surface area contributed by atoms with Gasteiger partial charge in [0.2, 0.25) is 5.91 Å². The molecule has 21 heavy (non-hydrogen) atoms. The Morgan fingerprint density at radius 1 is 1.10 bits per heavy atom. The summed E-state index contributed by atoms with van der Waals surface area (Å²) in [6.07, 6.45) is 11.7. The highest BCUT2D eigenvalue weighted by atomic mass is 16.3. The molecular formula is C17H32N2O2. The molecule has 0 radical (unpaired) electrons. The summed E-state index contributed by atoms with van der Waals surface area (Å²) < 4.78 is 0. The van der Waals surface area contributed by atoms with E-state index < -0.39 is 0 Å². The standard InChI is InChI=1S/C17H32N2O2/c20-14-16-9-6-12-19(16)11-5-4-10-18-17(21)13-15-7-2-1-3-8-15/h15-16,20H,1-14H2,(H,18,21). The maximum absolute atomic E-state index is 11.9. The molecule has 0 aromatic carbocycles. The number of carbonyl (C=O) groups excluding carboxylic acids is 1. The molecule has 0 aromatic heterocycles. The zero-order valence-electron chi connectivity index (χ0n) is 13.4. The van der Waals surface area contributed by atoms with Crippen LogP contribution in [0.3, 0.4) is 0 Å². The third kappa shape index (κ3) is 5.95. The highest BCUT2D eigenvalue weighted by molar-refractivity contribution is 5.76. The Morgan fingerprint density at radius 3 is 2.67 bits per heavy atom. The predicted molar refractivity (Wildman–Crippen MR) is 85.1 cm³/mol. The second-order valence-electron chi connectivity index (χ2n) is 6.78. The summed E-state index contributed by atoms with van der Waals surface area (Å²) in [6.45, 7) is 3.28. The fraction of sp³-hybridized carbons (Fsp3) is 0.941. The average molecular weight is 296 g/mol. The van der Waals surface area contributed by atoms with Gasteiger partial charge in [0.25, 0.3) is 0 Å². The van der Waals surface area contributed by atoms with Gasteiger partial charge in [0.05, 0.1) is 6.61 Å². The van der Waals surface area contributed by atoms with E-state index in [1.165, 1.54) is 38.5 Å². The van der Waals surface area contributed by atoms with Gasteiger partial charge < -0.3 is 10.4 Å². The Labute approximate surface area is 129 Å². The molecule has 2 N–H and O–H groups in total. The predicted octanol–water partition coefficient (Wildman–Crippen LogP) is 2.31. The lowest BCUT2D eigenvalue weighted by Crippen LogP contribution is -2.33. The molecule has 1 aliphatic carbocycles. The fourth-order valence-electron chi connectivity index (χ4n) is 3.79. The lowest BCUT2D eigenvalue weighted by atomic mass is 9.87. The molecule has 4 nitrogen and oxygen atoms in total. The van der Waals surface area contributed by atoms with Gasteiger partial charge in [0.1, 0.15) is 0 Å². The third-order valence-electron chi connectivity index (χ3n) is 5.10. The lowest BCUT2D eigenvalue weighted by Gasteiger charge is -2.22. The summed E-state index contributed by atoms with van der Waals surface area (Å²) in [5.74, 6) is 0.880. The molecule has 1 unspecified atom stereocenters. The molecule has 0 spiro atoms. The molecule has 1 saturated heterocycles. The van der Waals surface area contributed by atoms with Crippen molar-refractivity contribution in [3.8, 4) is 0 Å². The van der Waals surface area contributed by atoms with E-state index in [4.69, 9.17) is 0 Å². The zero-order valence-corrected chi connectivity index (χ0v) is 13.4. The smallest absolute Gasteiger partial charge is 0.220 e. The number of nitrogens with one attached hydrogen (secondary N) is 1. The maximum Gasteiger partial charge on any atom is 0.220 e. The van der Waals surface area contributed by atoms with Gasteiger partial charge in [0, 0.05) is 19.0 Å². The quantitative estimate of drug-likeness (QED) is 0.676. The van der Waals surface area contributed by atoms with Crippen molar-refractivity contribution in [2.24, 2.45) is 5.92 Å². The summed E-state index contributed by atoms with van der Waals surface area (Å²) in [4.78, 5) is 14.3. The highest BCUT2D eigenvalue weighted by Gasteiger charge is 2.22. The van der Waals surface area contributed by atoms with E-state index in [-0.39, 0.29) is 12.5 Å².